The van der Waals surface area contributed by atoms with E-state index < -0.39 is 0 Å². The highest BCUT2D eigenvalue weighted by atomic mass is 35.5. The van der Waals surface area contributed by atoms with Gasteiger partial charge in [0.15, 0.2) is 0 Å². The Morgan fingerprint density at radius 1 is 1.12 bits per heavy atom. The van der Waals surface area contributed by atoms with E-state index >= 15 is 0 Å². The predicted octanol–water partition coefficient (Wildman–Crippen LogP) is 4.54. The second-order valence-electron chi connectivity index (χ2n) is 7.20. The van der Waals surface area contributed by atoms with Crippen molar-refractivity contribution in [1.29, 1.82) is 0 Å². The Morgan fingerprint density at radius 3 is 2.71 bits per heavy atom. The van der Waals surface area contributed by atoms with Gasteiger partial charge in [0.25, 0.3) is 0 Å². The fourth-order valence-electron chi connectivity index (χ4n) is 4.50. The molecule has 126 valence electrons. The van der Waals surface area contributed by atoms with E-state index in [9.17, 15) is 5.11 Å². The van der Waals surface area contributed by atoms with E-state index in [1.807, 2.05) is 12.1 Å². The first-order valence-corrected chi connectivity index (χ1v) is 9.29. The zero-order valence-electron chi connectivity index (χ0n) is 14.3. The lowest BCUT2D eigenvalue weighted by Crippen LogP contribution is -2.39. The van der Waals surface area contributed by atoms with Crippen molar-refractivity contribution in [3.05, 3.63) is 63.2 Å². The van der Waals surface area contributed by atoms with Crippen molar-refractivity contribution in [3.8, 4) is 5.75 Å². The maximum absolute atomic E-state index is 10.2. The molecule has 1 aliphatic heterocycles. The van der Waals surface area contributed by atoms with E-state index in [-0.39, 0.29) is 5.75 Å². The summed E-state index contributed by atoms with van der Waals surface area (Å²) in [6.45, 7) is 3.25. The highest BCUT2D eigenvalue weighted by Crippen LogP contribution is 2.44. The number of benzene rings is 2. The highest BCUT2D eigenvalue weighted by Gasteiger charge is 2.36. The van der Waals surface area contributed by atoms with Crippen LogP contribution in [-0.2, 0) is 19.3 Å². The van der Waals surface area contributed by atoms with E-state index in [2.05, 4.69) is 37.1 Å². The van der Waals surface area contributed by atoms with Crippen LogP contribution in [0.25, 0.3) is 0 Å². The van der Waals surface area contributed by atoms with Crippen LogP contribution in [0.4, 0.5) is 0 Å². The largest absolute Gasteiger partial charge is 0.506 e. The number of hydrogen-bond acceptors (Lipinski definition) is 2. The van der Waals surface area contributed by atoms with Gasteiger partial charge < -0.3 is 10.0 Å². The van der Waals surface area contributed by atoms with Gasteiger partial charge >= 0.3 is 0 Å². The number of hydrogen-bond donors (Lipinski definition) is 1. The number of phenols is 1. The zero-order chi connectivity index (χ0) is 16.8. The predicted molar refractivity (Wildman–Crippen MR) is 99.2 cm³/mol. The molecule has 0 unspecified atom stereocenters. The maximum atomic E-state index is 10.2. The normalized spacial score (nSPS) is 23.1. The topological polar surface area (TPSA) is 23.5 Å². The molecule has 0 saturated carbocycles. The lowest BCUT2D eigenvalue weighted by Gasteiger charge is -2.38. The number of fused-ring (bicyclic) bond motifs is 5. The van der Waals surface area contributed by atoms with Crippen LogP contribution in [0.3, 0.4) is 0 Å². The summed E-state index contributed by atoms with van der Waals surface area (Å²) < 4.78 is 0. The Kier molecular flexibility index (Phi) is 4.06. The van der Waals surface area contributed by atoms with Crippen LogP contribution in [0.15, 0.2) is 30.3 Å². The fraction of sp³-hybridized carbons (Fsp3) is 0.429. The first-order chi connectivity index (χ1) is 11.6. The molecular formula is C21H24ClNO. The third-order valence-corrected chi connectivity index (χ3v) is 6.19. The van der Waals surface area contributed by atoms with Crippen molar-refractivity contribution in [2.24, 2.45) is 0 Å². The van der Waals surface area contributed by atoms with Crippen LogP contribution in [0.2, 0.25) is 5.02 Å². The van der Waals surface area contributed by atoms with E-state index in [0.717, 1.165) is 25.8 Å². The third kappa shape index (κ3) is 2.53. The Bertz CT molecular complexity index is 786. The Balaban J connectivity index is 1.94. The van der Waals surface area contributed by atoms with Crippen molar-refractivity contribution in [2.75, 3.05) is 13.6 Å². The van der Waals surface area contributed by atoms with Gasteiger partial charge in [-0.3, -0.25) is 0 Å². The first kappa shape index (κ1) is 16.0. The average molecular weight is 342 g/mol. The minimum Gasteiger partial charge on any atom is -0.506 e. The number of aromatic hydroxyl groups is 1. The number of nitrogens with zero attached hydrogens (tertiary/aromatic N) is 1. The van der Waals surface area contributed by atoms with Crippen molar-refractivity contribution < 1.29 is 5.11 Å². The summed E-state index contributed by atoms with van der Waals surface area (Å²) in [5.74, 6) is 0.531. The summed E-state index contributed by atoms with van der Waals surface area (Å²) in [5.41, 5.74) is 6.85. The molecule has 0 saturated heterocycles. The van der Waals surface area contributed by atoms with Gasteiger partial charge in [0, 0.05) is 18.5 Å². The Labute approximate surface area is 149 Å². The number of halogens is 1. The van der Waals surface area contributed by atoms with Gasteiger partial charge in [-0.1, -0.05) is 36.7 Å². The zero-order valence-corrected chi connectivity index (χ0v) is 15.1. The number of aryl methyl sites for hydroxylation is 2. The van der Waals surface area contributed by atoms with Gasteiger partial charge in [0.05, 0.1) is 5.02 Å². The molecule has 4 rings (SSSR count). The third-order valence-electron chi connectivity index (χ3n) is 5.89. The standard InChI is InChI=1S/C21H24ClNO/c1-3-13-4-5-14-6-7-19-21(16(14)10-13)17-12-20(24)18(22)11-15(17)8-9-23(19)2/h4-5,10-12,19,21,24H,3,6-9H2,1-2H3/t19-,21+/m0/s1. The molecule has 0 radical (unpaired) electrons. The molecule has 0 aromatic heterocycles. The van der Waals surface area contributed by atoms with Gasteiger partial charge in [0.1, 0.15) is 5.75 Å². The molecule has 0 bridgehead atoms. The lowest BCUT2D eigenvalue weighted by atomic mass is 9.74. The molecule has 2 atom stereocenters. The quantitative estimate of drug-likeness (QED) is 0.823. The molecule has 0 amide bonds. The minimum atomic E-state index is 0.206. The number of rotatable bonds is 1. The summed E-state index contributed by atoms with van der Waals surface area (Å²) in [5, 5.41) is 10.7. The van der Waals surface area contributed by atoms with Crippen molar-refractivity contribution in [3.63, 3.8) is 0 Å². The van der Waals surface area contributed by atoms with Gasteiger partial charge in [-0.25, -0.2) is 0 Å². The van der Waals surface area contributed by atoms with Gasteiger partial charge in [-0.15, -0.1) is 0 Å². The first-order valence-electron chi connectivity index (χ1n) is 8.91. The van der Waals surface area contributed by atoms with E-state index in [4.69, 9.17) is 11.6 Å². The molecule has 3 heteroatoms. The summed E-state index contributed by atoms with van der Waals surface area (Å²) in [6, 6.07) is 11.3. The second-order valence-corrected chi connectivity index (χ2v) is 7.61. The van der Waals surface area contributed by atoms with E-state index in [1.54, 1.807) is 0 Å². The van der Waals surface area contributed by atoms with Gasteiger partial charge in [0.2, 0.25) is 0 Å². The van der Waals surface area contributed by atoms with Crippen molar-refractivity contribution in [1.82, 2.24) is 4.90 Å². The summed E-state index contributed by atoms with van der Waals surface area (Å²) in [6.07, 6.45) is 4.35. The second kappa shape index (κ2) is 6.09. The summed E-state index contributed by atoms with van der Waals surface area (Å²) in [4.78, 5) is 2.50. The number of likely N-dealkylation sites (N-methyl/N-ethyl adjacent to an activating group) is 1. The van der Waals surface area contributed by atoms with Gasteiger partial charge in [-0.05, 0) is 72.7 Å². The van der Waals surface area contributed by atoms with Crippen LogP contribution < -0.4 is 0 Å². The molecule has 2 aliphatic rings. The molecule has 0 spiro atoms. The Hall–Kier alpha value is -1.51. The van der Waals surface area contributed by atoms with Crippen LogP contribution in [0.5, 0.6) is 5.75 Å². The molecule has 2 nitrogen and oxygen atoms in total. The molecule has 2 aromatic carbocycles. The van der Waals surface area contributed by atoms with Crippen LogP contribution >= 0.6 is 11.6 Å². The molecular weight excluding hydrogens is 318 g/mol. The average Bonchev–Trinajstić information content (AvgIpc) is 2.73. The maximum Gasteiger partial charge on any atom is 0.134 e. The van der Waals surface area contributed by atoms with E-state index in [1.165, 1.54) is 34.2 Å². The van der Waals surface area contributed by atoms with E-state index in [0.29, 0.717) is 17.0 Å². The van der Waals surface area contributed by atoms with Gasteiger partial charge in [-0.2, -0.15) is 0 Å². The monoisotopic (exact) mass is 341 g/mol. The lowest BCUT2D eigenvalue weighted by molar-refractivity contribution is 0.214. The smallest absolute Gasteiger partial charge is 0.134 e. The minimum absolute atomic E-state index is 0.206. The SMILES string of the molecule is CCc1ccc2c(c1)[C@@H]1c3cc(O)c(Cl)cc3CCN(C)[C@H]1CC2. The molecule has 1 N–H and O–H groups in total. The molecule has 0 fully saturated rings. The summed E-state index contributed by atoms with van der Waals surface area (Å²) >= 11 is 6.19. The van der Waals surface area contributed by atoms with Crippen LogP contribution in [0.1, 0.15) is 47.1 Å². The number of phenolic OH excluding ortho intramolecular Hbond substituents is 1. The molecule has 24 heavy (non-hydrogen) atoms. The Morgan fingerprint density at radius 2 is 1.92 bits per heavy atom. The van der Waals surface area contributed by atoms with Crippen molar-refractivity contribution in [2.45, 2.75) is 44.6 Å². The van der Waals surface area contributed by atoms with Crippen LogP contribution in [-0.4, -0.2) is 29.6 Å². The molecule has 1 heterocycles. The van der Waals surface area contributed by atoms with Crippen molar-refractivity contribution >= 4 is 11.6 Å². The van der Waals surface area contributed by atoms with Crippen LogP contribution in [0, 0.1) is 0 Å². The molecule has 1 aliphatic carbocycles. The fourth-order valence-corrected chi connectivity index (χ4v) is 4.68. The summed E-state index contributed by atoms with van der Waals surface area (Å²) in [7, 11) is 2.24. The highest BCUT2D eigenvalue weighted by molar-refractivity contribution is 6.32. The molecule has 2 aromatic rings.